The van der Waals surface area contributed by atoms with Crippen molar-refractivity contribution >= 4 is 39.6 Å². The summed E-state index contributed by atoms with van der Waals surface area (Å²) in [4.78, 5) is 37.3. The molecule has 0 aliphatic carbocycles. The number of halogens is 1. The maximum Gasteiger partial charge on any atom is 0.301 e. The van der Waals surface area contributed by atoms with Crippen LogP contribution in [0.4, 0.5) is 15.2 Å². The molecule has 1 aromatic heterocycles. The lowest BCUT2D eigenvalue weighted by molar-refractivity contribution is -0.384. The fourth-order valence-corrected chi connectivity index (χ4v) is 3.98. The molecule has 0 radical (unpaired) electrons. The number of Topliss-reactive ketones (excluding diaryl/α,β-unsaturated/α-hetero) is 1. The van der Waals surface area contributed by atoms with Crippen molar-refractivity contribution in [1.82, 2.24) is 10.2 Å². The van der Waals surface area contributed by atoms with Gasteiger partial charge in [0.15, 0.2) is 0 Å². The number of non-ortho nitro benzene ring substituents is 1. The van der Waals surface area contributed by atoms with Crippen molar-refractivity contribution in [3.63, 3.8) is 0 Å². The van der Waals surface area contributed by atoms with Gasteiger partial charge in [0.25, 0.3) is 11.5 Å². The highest BCUT2D eigenvalue weighted by Crippen LogP contribution is 2.43. The van der Waals surface area contributed by atoms with Crippen LogP contribution >= 0.6 is 11.3 Å². The Bertz CT molecular complexity index is 1240. The number of amides is 1. The number of hydrogen-bond acceptors (Lipinski definition) is 8. The van der Waals surface area contributed by atoms with Crippen molar-refractivity contribution in [3.05, 3.63) is 86.2 Å². The molecule has 0 saturated carbocycles. The molecular weight excluding hydrogens is 427 g/mol. The lowest BCUT2D eigenvalue weighted by atomic mass is 9.95. The van der Waals surface area contributed by atoms with Gasteiger partial charge in [0.1, 0.15) is 16.6 Å². The maximum absolute atomic E-state index is 13.3. The fraction of sp³-hybridized carbons (Fsp3) is 0.100. The summed E-state index contributed by atoms with van der Waals surface area (Å²) in [6, 6.07) is 8.94. The summed E-state index contributed by atoms with van der Waals surface area (Å²) in [6.45, 7) is 1.68. The largest absolute Gasteiger partial charge is 0.507 e. The third-order valence-corrected chi connectivity index (χ3v) is 5.54. The number of hydrogen-bond donors (Lipinski definition) is 1. The molecule has 11 heteroatoms. The van der Waals surface area contributed by atoms with Gasteiger partial charge in [0.05, 0.1) is 16.5 Å². The first-order chi connectivity index (χ1) is 14.8. The van der Waals surface area contributed by atoms with Crippen LogP contribution in [0.15, 0.2) is 54.1 Å². The Morgan fingerprint density at radius 3 is 2.32 bits per heavy atom. The molecule has 9 nitrogen and oxygen atoms in total. The molecule has 1 unspecified atom stereocenters. The van der Waals surface area contributed by atoms with Crippen molar-refractivity contribution in [2.75, 3.05) is 4.90 Å². The normalized spacial score (nSPS) is 17.9. The molecule has 0 spiro atoms. The highest BCUT2D eigenvalue weighted by Gasteiger charge is 2.48. The number of carbonyl (C=O) groups is 2. The first-order valence-corrected chi connectivity index (χ1v) is 9.71. The third kappa shape index (κ3) is 3.55. The van der Waals surface area contributed by atoms with Gasteiger partial charge in [0, 0.05) is 17.7 Å². The Hall–Kier alpha value is -3.99. The van der Waals surface area contributed by atoms with E-state index in [9.17, 15) is 29.2 Å². The van der Waals surface area contributed by atoms with E-state index in [0.717, 1.165) is 28.4 Å². The Labute approximate surface area is 178 Å². The number of nitro benzene ring substituents is 1. The van der Waals surface area contributed by atoms with Crippen LogP contribution in [0.5, 0.6) is 0 Å². The van der Waals surface area contributed by atoms with E-state index in [1.54, 1.807) is 6.92 Å². The average molecular weight is 440 g/mol. The molecule has 1 fully saturated rings. The predicted molar refractivity (Wildman–Crippen MR) is 109 cm³/mol. The van der Waals surface area contributed by atoms with Crippen molar-refractivity contribution in [2.24, 2.45) is 0 Å². The van der Waals surface area contributed by atoms with E-state index in [-0.39, 0.29) is 22.0 Å². The van der Waals surface area contributed by atoms with Crippen LogP contribution in [0, 0.1) is 22.9 Å². The Balaban J connectivity index is 1.92. The quantitative estimate of drug-likeness (QED) is 0.216. The van der Waals surface area contributed by atoms with Gasteiger partial charge in [-0.15, -0.1) is 10.2 Å². The average Bonchev–Trinajstić information content (AvgIpc) is 3.29. The van der Waals surface area contributed by atoms with Gasteiger partial charge < -0.3 is 5.11 Å². The molecule has 4 rings (SSSR count). The number of carbonyl (C=O) groups excluding carboxylic acids is 2. The van der Waals surface area contributed by atoms with E-state index in [4.69, 9.17) is 0 Å². The van der Waals surface area contributed by atoms with Crippen LogP contribution in [0.1, 0.15) is 22.2 Å². The topological polar surface area (TPSA) is 127 Å². The first-order valence-electron chi connectivity index (χ1n) is 8.89. The van der Waals surface area contributed by atoms with E-state index in [0.29, 0.717) is 10.6 Å². The number of nitrogens with zero attached hydrogens (tertiary/aromatic N) is 4. The summed E-state index contributed by atoms with van der Waals surface area (Å²) < 4.78 is 13.3. The zero-order valence-electron chi connectivity index (χ0n) is 15.9. The van der Waals surface area contributed by atoms with Crippen molar-refractivity contribution in [1.29, 1.82) is 0 Å². The molecule has 31 heavy (non-hydrogen) atoms. The van der Waals surface area contributed by atoms with E-state index < -0.39 is 34.2 Å². The Kier molecular flexibility index (Phi) is 5.03. The number of aliphatic hydroxyl groups is 1. The second-order valence-electron chi connectivity index (χ2n) is 6.63. The first kappa shape index (κ1) is 20.3. The third-order valence-electron chi connectivity index (χ3n) is 4.70. The molecule has 1 aliphatic heterocycles. The highest BCUT2D eigenvalue weighted by atomic mass is 32.1. The summed E-state index contributed by atoms with van der Waals surface area (Å²) in [5.41, 5.74) is 0.0744. The SMILES string of the molecule is Cc1nnc(N2C(=O)C(=O)/C(=C(\O)c3ccc(F)cc3)C2c2ccc([N+](=O)[O-])cc2)s1. The zero-order valence-corrected chi connectivity index (χ0v) is 16.7. The Morgan fingerprint density at radius 2 is 1.77 bits per heavy atom. The minimum Gasteiger partial charge on any atom is -0.507 e. The monoisotopic (exact) mass is 440 g/mol. The van der Waals surface area contributed by atoms with E-state index in [1.807, 2.05) is 0 Å². The van der Waals surface area contributed by atoms with Gasteiger partial charge in [-0.05, 0) is 48.9 Å². The summed E-state index contributed by atoms with van der Waals surface area (Å²) >= 11 is 1.08. The minimum absolute atomic E-state index is 0.139. The number of aliphatic hydroxyl groups excluding tert-OH is 1. The summed E-state index contributed by atoms with van der Waals surface area (Å²) in [5.74, 6) is -2.92. The second kappa shape index (κ2) is 7.69. The maximum atomic E-state index is 13.3. The van der Waals surface area contributed by atoms with Gasteiger partial charge in [-0.25, -0.2) is 4.39 Å². The lowest BCUT2D eigenvalue weighted by Crippen LogP contribution is -2.29. The molecular formula is C20H13FN4O5S. The van der Waals surface area contributed by atoms with Crippen LogP contribution in [0.25, 0.3) is 5.76 Å². The standard InChI is InChI=1S/C20H13FN4O5S/c1-10-22-23-20(31-10)24-16(11-4-8-14(9-5-11)25(29)30)15(18(27)19(24)28)17(26)12-2-6-13(21)7-3-12/h2-9,16,26H,1H3/b17-15-. The van der Waals surface area contributed by atoms with E-state index >= 15 is 0 Å². The van der Waals surface area contributed by atoms with Crippen molar-refractivity contribution in [2.45, 2.75) is 13.0 Å². The fourth-order valence-electron chi connectivity index (χ4n) is 3.27. The molecule has 1 saturated heterocycles. The van der Waals surface area contributed by atoms with Crippen LogP contribution < -0.4 is 4.90 Å². The predicted octanol–water partition coefficient (Wildman–Crippen LogP) is 3.52. The number of aryl methyl sites for hydroxylation is 1. The molecule has 3 aromatic rings. The van der Waals surface area contributed by atoms with Gasteiger partial charge in [0.2, 0.25) is 5.13 Å². The van der Waals surface area contributed by atoms with Crippen LogP contribution in [-0.4, -0.2) is 31.9 Å². The van der Waals surface area contributed by atoms with Crippen LogP contribution in [-0.2, 0) is 9.59 Å². The highest BCUT2D eigenvalue weighted by molar-refractivity contribution is 7.15. The smallest absolute Gasteiger partial charge is 0.301 e. The molecule has 156 valence electrons. The molecule has 2 heterocycles. The number of ketones is 1. The molecule has 0 bridgehead atoms. The number of anilines is 1. The van der Waals surface area contributed by atoms with Gasteiger partial charge >= 0.3 is 5.91 Å². The van der Waals surface area contributed by atoms with Crippen molar-refractivity contribution < 1.29 is 24.0 Å². The summed E-state index contributed by atoms with van der Waals surface area (Å²) in [7, 11) is 0. The molecule has 1 N–H and O–H groups in total. The number of benzene rings is 2. The Morgan fingerprint density at radius 1 is 1.13 bits per heavy atom. The molecule has 1 aliphatic rings. The minimum atomic E-state index is -1.10. The number of nitro groups is 1. The number of aromatic nitrogens is 2. The van der Waals surface area contributed by atoms with Crippen LogP contribution in [0.3, 0.4) is 0 Å². The van der Waals surface area contributed by atoms with Crippen molar-refractivity contribution in [3.8, 4) is 0 Å². The summed E-state index contributed by atoms with van der Waals surface area (Å²) in [6.07, 6.45) is 0. The second-order valence-corrected chi connectivity index (χ2v) is 7.79. The van der Waals surface area contributed by atoms with Gasteiger partial charge in [-0.2, -0.15) is 0 Å². The van der Waals surface area contributed by atoms with Gasteiger partial charge in [-0.3, -0.25) is 24.6 Å². The number of rotatable bonds is 4. The van der Waals surface area contributed by atoms with E-state index in [2.05, 4.69) is 10.2 Å². The lowest BCUT2D eigenvalue weighted by Gasteiger charge is -2.22. The van der Waals surface area contributed by atoms with E-state index in [1.165, 1.54) is 36.4 Å². The van der Waals surface area contributed by atoms with Crippen LogP contribution in [0.2, 0.25) is 0 Å². The summed E-state index contributed by atoms with van der Waals surface area (Å²) in [5, 5.41) is 30.4. The van der Waals surface area contributed by atoms with Gasteiger partial charge in [-0.1, -0.05) is 11.3 Å². The molecule has 2 aromatic carbocycles. The zero-order chi connectivity index (χ0) is 22.3. The molecule has 1 atom stereocenters. The molecule has 1 amide bonds.